The molecule has 0 aromatic rings. The highest BCUT2D eigenvalue weighted by molar-refractivity contribution is 5.87. The normalized spacial score (nSPS) is 11.9. The van der Waals surface area contributed by atoms with Gasteiger partial charge in [0.25, 0.3) is 0 Å². The summed E-state index contributed by atoms with van der Waals surface area (Å²) in [6.45, 7) is 3.50. The van der Waals surface area contributed by atoms with E-state index >= 15 is 0 Å². The van der Waals surface area contributed by atoms with Gasteiger partial charge in [-0.05, 0) is 13.3 Å². The summed E-state index contributed by atoms with van der Waals surface area (Å²) in [5.74, 6) is -2.04. The van der Waals surface area contributed by atoms with Crippen LogP contribution in [0.3, 0.4) is 0 Å². The molecule has 0 aliphatic heterocycles. The van der Waals surface area contributed by atoms with E-state index in [9.17, 15) is 14.4 Å². The number of esters is 1. The van der Waals surface area contributed by atoms with Gasteiger partial charge in [-0.3, -0.25) is 14.4 Å². The number of aliphatic carboxylic acids is 1. The van der Waals surface area contributed by atoms with Gasteiger partial charge in [-0.2, -0.15) is 0 Å². The average molecular weight is 399 g/mol. The molecule has 0 saturated carbocycles. The van der Waals surface area contributed by atoms with Gasteiger partial charge >= 0.3 is 11.9 Å². The lowest BCUT2D eigenvalue weighted by molar-refractivity contribution is -0.158. The maximum Gasteiger partial charge on any atom is 0.307 e. The highest BCUT2D eigenvalue weighted by Gasteiger charge is 2.22. The van der Waals surface area contributed by atoms with Gasteiger partial charge in [-0.25, -0.2) is 0 Å². The number of ketones is 1. The van der Waals surface area contributed by atoms with E-state index in [1.807, 2.05) is 0 Å². The SMILES string of the molecule is CCCCCCCCCCCCCCCCCC(=O)OC(CC(=O)O)C(C)=O. The number of carboxylic acids is 1. The molecule has 28 heavy (non-hydrogen) atoms. The van der Waals surface area contributed by atoms with Crippen LogP contribution in [0.1, 0.15) is 123 Å². The number of carboxylic acid groups (broad SMARTS) is 1. The quantitative estimate of drug-likeness (QED) is 0.194. The van der Waals surface area contributed by atoms with Crippen molar-refractivity contribution in [2.75, 3.05) is 0 Å². The molecule has 0 saturated heterocycles. The maximum absolute atomic E-state index is 11.7. The number of unbranched alkanes of at least 4 members (excludes halogenated alkanes) is 14. The molecule has 0 aliphatic carbocycles. The first-order valence-corrected chi connectivity index (χ1v) is 11.4. The zero-order valence-corrected chi connectivity index (χ0v) is 18.2. The first kappa shape index (κ1) is 26.6. The largest absolute Gasteiger partial charge is 0.481 e. The van der Waals surface area contributed by atoms with Crippen LogP contribution in [0.15, 0.2) is 0 Å². The highest BCUT2D eigenvalue weighted by Crippen LogP contribution is 2.14. The molecule has 0 fully saturated rings. The van der Waals surface area contributed by atoms with E-state index in [4.69, 9.17) is 9.84 Å². The second-order valence-corrected chi connectivity index (χ2v) is 7.89. The Balaban J connectivity index is 3.41. The summed E-state index contributed by atoms with van der Waals surface area (Å²) < 4.78 is 4.97. The van der Waals surface area contributed by atoms with Gasteiger partial charge in [0.15, 0.2) is 11.9 Å². The van der Waals surface area contributed by atoms with Crippen molar-refractivity contribution in [3.63, 3.8) is 0 Å². The monoisotopic (exact) mass is 398 g/mol. The minimum Gasteiger partial charge on any atom is -0.481 e. The first-order valence-electron chi connectivity index (χ1n) is 11.4. The van der Waals surface area contributed by atoms with E-state index in [0.29, 0.717) is 0 Å². The molecule has 0 bridgehead atoms. The minimum absolute atomic E-state index is 0.252. The molecule has 5 nitrogen and oxygen atoms in total. The van der Waals surface area contributed by atoms with E-state index < -0.39 is 30.2 Å². The Morgan fingerprint density at radius 3 is 1.46 bits per heavy atom. The summed E-state index contributed by atoms with van der Waals surface area (Å²) in [7, 11) is 0. The van der Waals surface area contributed by atoms with Crippen LogP contribution in [0.25, 0.3) is 0 Å². The lowest BCUT2D eigenvalue weighted by Gasteiger charge is -2.12. The summed E-state index contributed by atoms with van der Waals surface area (Å²) in [5, 5.41) is 8.72. The van der Waals surface area contributed by atoms with Crippen molar-refractivity contribution in [2.24, 2.45) is 0 Å². The molecule has 1 unspecified atom stereocenters. The molecule has 1 N–H and O–H groups in total. The zero-order valence-electron chi connectivity index (χ0n) is 18.2. The summed E-state index contributed by atoms with van der Waals surface area (Å²) in [4.78, 5) is 33.7. The van der Waals surface area contributed by atoms with E-state index in [0.717, 1.165) is 19.3 Å². The van der Waals surface area contributed by atoms with Crippen molar-refractivity contribution in [1.82, 2.24) is 0 Å². The number of ether oxygens (including phenoxy) is 1. The van der Waals surface area contributed by atoms with Gasteiger partial charge in [0.2, 0.25) is 0 Å². The third-order valence-corrected chi connectivity index (χ3v) is 5.07. The standard InChI is InChI=1S/C23H42O5/c1-3-4-5-6-7-8-9-10-11-12-13-14-15-16-17-18-23(27)28-21(20(2)24)19-22(25)26/h21H,3-19H2,1-2H3,(H,25,26). The zero-order chi connectivity index (χ0) is 21.0. The number of carbonyl (C=O) groups is 3. The van der Waals surface area contributed by atoms with Crippen molar-refractivity contribution in [1.29, 1.82) is 0 Å². The van der Waals surface area contributed by atoms with Crippen molar-refractivity contribution in [3.05, 3.63) is 0 Å². The molecule has 0 aromatic carbocycles. The van der Waals surface area contributed by atoms with E-state index in [-0.39, 0.29) is 6.42 Å². The lowest BCUT2D eigenvalue weighted by atomic mass is 10.0. The van der Waals surface area contributed by atoms with Crippen molar-refractivity contribution < 1.29 is 24.2 Å². The molecule has 0 heterocycles. The van der Waals surface area contributed by atoms with Gasteiger partial charge in [0.05, 0.1) is 6.42 Å². The number of carbonyl (C=O) groups excluding carboxylic acids is 2. The Labute approximate surface area is 171 Å². The number of hydrogen-bond donors (Lipinski definition) is 1. The molecule has 1 atom stereocenters. The van der Waals surface area contributed by atoms with E-state index in [1.165, 1.54) is 84.0 Å². The summed E-state index contributed by atoms with van der Waals surface area (Å²) in [6, 6.07) is 0. The van der Waals surface area contributed by atoms with Gasteiger partial charge in [-0.15, -0.1) is 0 Å². The molecule has 0 radical (unpaired) electrons. The van der Waals surface area contributed by atoms with Crippen molar-refractivity contribution in [2.45, 2.75) is 129 Å². The van der Waals surface area contributed by atoms with Crippen LogP contribution in [0.5, 0.6) is 0 Å². The van der Waals surface area contributed by atoms with Gasteiger partial charge < -0.3 is 9.84 Å². The van der Waals surface area contributed by atoms with Crippen LogP contribution in [-0.4, -0.2) is 28.9 Å². The predicted octanol–water partition coefficient (Wildman–Crippen LogP) is 6.22. The molecule has 164 valence electrons. The van der Waals surface area contributed by atoms with E-state index in [1.54, 1.807) is 0 Å². The third kappa shape index (κ3) is 18.0. The summed E-state index contributed by atoms with van der Waals surface area (Å²) in [6.07, 6.45) is 17.5. The molecular weight excluding hydrogens is 356 g/mol. The Morgan fingerprint density at radius 2 is 1.11 bits per heavy atom. The van der Waals surface area contributed by atoms with Gasteiger partial charge in [0.1, 0.15) is 0 Å². The maximum atomic E-state index is 11.7. The average Bonchev–Trinajstić information content (AvgIpc) is 2.64. The van der Waals surface area contributed by atoms with Crippen molar-refractivity contribution in [3.8, 4) is 0 Å². The second-order valence-electron chi connectivity index (χ2n) is 7.89. The van der Waals surface area contributed by atoms with Gasteiger partial charge in [0, 0.05) is 6.42 Å². The fraction of sp³-hybridized carbons (Fsp3) is 0.870. The van der Waals surface area contributed by atoms with Crippen molar-refractivity contribution >= 4 is 17.7 Å². The first-order chi connectivity index (χ1) is 13.5. The minimum atomic E-state index is -1.15. The predicted molar refractivity (Wildman–Crippen MR) is 112 cm³/mol. The Hall–Kier alpha value is -1.39. The van der Waals surface area contributed by atoms with Gasteiger partial charge in [-0.1, -0.05) is 96.8 Å². The molecule has 0 amide bonds. The third-order valence-electron chi connectivity index (χ3n) is 5.07. The van der Waals surface area contributed by atoms with Crippen LogP contribution < -0.4 is 0 Å². The second kappa shape index (κ2) is 18.9. The molecule has 0 spiro atoms. The molecule has 0 aliphatic rings. The molecule has 0 aromatic heterocycles. The summed E-state index contributed by atoms with van der Waals surface area (Å²) >= 11 is 0. The molecular formula is C23H42O5. The topological polar surface area (TPSA) is 80.7 Å². The smallest absolute Gasteiger partial charge is 0.307 e. The Morgan fingerprint density at radius 1 is 0.714 bits per heavy atom. The van der Waals surface area contributed by atoms with Crippen LogP contribution in [0.2, 0.25) is 0 Å². The van der Waals surface area contributed by atoms with Crippen LogP contribution in [-0.2, 0) is 19.1 Å². The molecule has 0 rings (SSSR count). The number of hydrogen-bond acceptors (Lipinski definition) is 4. The van der Waals surface area contributed by atoms with Crippen LogP contribution in [0, 0.1) is 0 Å². The summed E-state index contributed by atoms with van der Waals surface area (Å²) in [5.41, 5.74) is 0. The van der Waals surface area contributed by atoms with E-state index in [2.05, 4.69) is 6.92 Å². The Bertz CT molecular complexity index is 419. The van der Waals surface area contributed by atoms with Crippen LogP contribution >= 0.6 is 0 Å². The fourth-order valence-electron chi connectivity index (χ4n) is 3.29. The number of rotatable bonds is 20. The number of Topliss-reactive ketones (excluding diaryl/α,β-unsaturated/α-hetero) is 1. The Kier molecular flexibility index (Phi) is 18.0. The fourth-order valence-corrected chi connectivity index (χ4v) is 3.29. The lowest BCUT2D eigenvalue weighted by Crippen LogP contribution is -2.28. The molecule has 5 heteroatoms. The van der Waals surface area contributed by atoms with Crippen LogP contribution in [0.4, 0.5) is 0 Å². The highest BCUT2D eigenvalue weighted by atomic mass is 16.5.